The van der Waals surface area contributed by atoms with Gasteiger partial charge >= 0.3 is 0 Å². The quantitative estimate of drug-likeness (QED) is 0.944. The molecule has 0 aliphatic rings. The molecule has 5 heteroatoms. The Morgan fingerprint density at radius 3 is 2.89 bits per heavy atom. The van der Waals surface area contributed by atoms with Crippen molar-refractivity contribution >= 4 is 15.9 Å². The maximum atomic E-state index is 13.1. The highest BCUT2D eigenvalue weighted by Crippen LogP contribution is 2.26. The number of nitrogens with two attached hydrogens (primary N) is 1. The van der Waals surface area contributed by atoms with Gasteiger partial charge in [-0.25, -0.2) is 4.39 Å². The Kier molecular flexibility index (Phi) is 4.28. The van der Waals surface area contributed by atoms with Crippen LogP contribution in [0.25, 0.3) is 0 Å². The number of rotatable bonds is 4. The van der Waals surface area contributed by atoms with Crippen LogP contribution in [-0.2, 0) is 13.2 Å². The molecule has 3 nitrogen and oxygen atoms in total. The van der Waals surface area contributed by atoms with Crippen LogP contribution in [0.1, 0.15) is 11.3 Å². The highest BCUT2D eigenvalue weighted by Gasteiger charge is 2.04. The van der Waals surface area contributed by atoms with Gasteiger partial charge < -0.3 is 10.5 Å². The maximum absolute atomic E-state index is 13.1. The van der Waals surface area contributed by atoms with Crippen LogP contribution in [0, 0.1) is 5.82 Å². The summed E-state index contributed by atoms with van der Waals surface area (Å²) in [6.45, 7) is 0.731. The number of hydrogen-bond donors (Lipinski definition) is 1. The lowest BCUT2D eigenvalue weighted by Gasteiger charge is -2.08. The molecular formula is C13H12BrFN2O. The second-order valence-corrected chi connectivity index (χ2v) is 4.58. The maximum Gasteiger partial charge on any atom is 0.136 e. The van der Waals surface area contributed by atoms with Crippen LogP contribution in [0.3, 0.4) is 0 Å². The van der Waals surface area contributed by atoms with Gasteiger partial charge in [-0.3, -0.25) is 4.98 Å². The van der Waals surface area contributed by atoms with E-state index in [1.165, 1.54) is 12.1 Å². The first-order valence-corrected chi connectivity index (χ1v) is 6.20. The summed E-state index contributed by atoms with van der Waals surface area (Å²) >= 11 is 3.31. The molecule has 18 heavy (non-hydrogen) atoms. The minimum absolute atomic E-state index is 0.328. The number of nitrogens with zero attached hydrogens (tertiary/aromatic N) is 1. The SMILES string of the molecule is NCc1cc(COc2cc(F)ccc2Br)ccn1. The average Bonchev–Trinajstić information content (AvgIpc) is 2.40. The number of benzene rings is 1. The number of pyridine rings is 1. The molecule has 1 heterocycles. The standard InChI is InChI=1S/C13H12BrFN2O/c14-12-2-1-10(15)6-13(12)18-8-9-3-4-17-11(5-9)7-16/h1-6H,7-8,16H2. The van der Waals surface area contributed by atoms with Crippen molar-refractivity contribution in [3.05, 3.63) is 58.1 Å². The molecule has 94 valence electrons. The highest BCUT2D eigenvalue weighted by atomic mass is 79.9. The van der Waals surface area contributed by atoms with E-state index in [1.807, 2.05) is 12.1 Å². The van der Waals surface area contributed by atoms with Crippen LogP contribution in [0.2, 0.25) is 0 Å². The molecule has 0 saturated carbocycles. The van der Waals surface area contributed by atoms with Gasteiger partial charge in [0.2, 0.25) is 0 Å². The lowest BCUT2D eigenvalue weighted by atomic mass is 10.2. The average molecular weight is 311 g/mol. The van der Waals surface area contributed by atoms with E-state index in [9.17, 15) is 4.39 Å². The van der Waals surface area contributed by atoms with Crippen molar-refractivity contribution in [1.29, 1.82) is 0 Å². The second-order valence-electron chi connectivity index (χ2n) is 3.72. The summed E-state index contributed by atoms with van der Waals surface area (Å²) < 4.78 is 19.3. The molecule has 0 saturated heterocycles. The first-order chi connectivity index (χ1) is 8.69. The lowest BCUT2D eigenvalue weighted by Crippen LogP contribution is -2.02. The summed E-state index contributed by atoms with van der Waals surface area (Å²) in [5, 5.41) is 0. The van der Waals surface area contributed by atoms with Gasteiger partial charge in [0.25, 0.3) is 0 Å². The molecule has 2 N–H and O–H groups in total. The van der Waals surface area contributed by atoms with Gasteiger partial charge in [-0.05, 0) is 45.8 Å². The van der Waals surface area contributed by atoms with E-state index in [1.54, 1.807) is 12.3 Å². The molecule has 0 atom stereocenters. The molecule has 0 aliphatic heterocycles. The third kappa shape index (κ3) is 3.27. The Morgan fingerprint density at radius 2 is 2.11 bits per heavy atom. The fourth-order valence-electron chi connectivity index (χ4n) is 1.48. The molecule has 2 rings (SSSR count). The summed E-state index contributed by atoms with van der Waals surface area (Å²) in [4.78, 5) is 4.09. The molecule has 0 radical (unpaired) electrons. The molecule has 0 aliphatic carbocycles. The molecule has 0 spiro atoms. The summed E-state index contributed by atoms with van der Waals surface area (Å²) in [5.74, 6) is 0.145. The van der Waals surface area contributed by atoms with Gasteiger partial charge in [0.05, 0.1) is 10.2 Å². The van der Waals surface area contributed by atoms with Crippen molar-refractivity contribution < 1.29 is 9.13 Å². The first-order valence-electron chi connectivity index (χ1n) is 5.41. The van der Waals surface area contributed by atoms with E-state index in [2.05, 4.69) is 20.9 Å². The summed E-state index contributed by atoms with van der Waals surface area (Å²) in [6.07, 6.45) is 1.68. The number of aromatic nitrogens is 1. The van der Waals surface area contributed by atoms with E-state index >= 15 is 0 Å². The Balaban J connectivity index is 2.08. The van der Waals surface area contributed by atoms with Crippen LogP contribution < -0.4 is 10.5 Å². The third-order valence-electron chi connectivity index (χ3n) is 2.38. The Hall–Kier alpha value is -1.46. The Morgan fingerprint density at radius 1 is 1.28 bits per heavy atom. The predicted octanol–water partition coefficient (Wildman–Crippen LogP) is 3.02. The molecule has 0 fully saturated rings. The Labute approximate surface area is 113 Å². The van der Waals surface area contributed by atoms with Crippen LogP contribution in [0.4, 0.5) is 4.39 Å². The fraction of sp³-hybridized carbons (Fsp3) is 0.154. The molecule has 0 unspecified atom stereocenters. The van der Waals surface area contributed by atoms with E-state index in [4.69, 9.17) is 10.5 Å². The first kappa shape index (κ1) is 13.0. The zero-order valence-corrected chi connectivity index (χ0v) is 11.2. The van der Waals surface area contributed by atoms with Crippen molar-refractivity contribution in [2.75, 3.05) is 0 Å². The van der Waals surface area contributed by atoms with E-state index in [0.29, 0.717) is 18.9 Å². The molecular weight excluding hydrogens is 299 g/mol. The van der Waals surface area contributed by atoms with Crippen LogP contribution in [0.15, 0.2) is 41.0 Å². The van der Waals surface area contributed by atoms with Crippen LogP contribution >= 0.6 is 15.9 Å². The van der Waals surface area contributed by atoms with Crippen LogP contribution in [0.5, 0.6) is 5.75 Å². The molecule has 0 bridgehead atoms. The normalized spacial score (nSPS) is 10.4. The zero-order valence-electron chi connectivity index (χ0n) is 9.57. The molecule has 0 amide bonds. The van der Waals surface area contributed by atoms with Gasteiger partial charge in [0.15, 0.2) is 0 Å². The predicted molar refractivity (Wildman–Crippen MR) is 70.6 cm³/mol. The molecule has 1 aromatic heterocycles. The third-order valence-corrected chi connectivity index (χ3v) is 3.03. The number of halogens is 2. The van der Waals surface area contributed by atoms with Crippen LogP contribution in [-0.4, -0.2) is 4.98 Å². The number of ether oxygens (including phenoxy) is 1. The monoisotopic (exact) mass is 310 g/mol. The van der Waals surface area contributed by atoms with E-state index in [0.717, 1.165) is 15.7 Å². The van der Waals surface area contributed by atoms with Crippen molar-refractivity contribution in [2.24, 2.45) is 5.73 Å². The van der Waals surface area contributed by atoms with Gasteiger partial charge in [0.1, 0.15) is 18.2 Å². The molecule has 2 aromatic rings. The topological polar surface area (TPSA) is 48.1 Å². The van der Waals surface area contributed by atoms with Crippen molar-refractivity contribution in [1.82, 2.24) is 4.98 Å². The van der Waals surface area contributed by atoms with Crippen molar-refractivity contribution in [3.8, 4) is 5.75 Å². The van der Waals surface area contributed by atoms with E-state index in [-0.39, 0.29) is 5.82 Å². The van der Waals surface area contributed by atoms with E-state index < -0.39 is 0 Å². The van der Waals surface area contributed by atoms with Gasteiger partial charge in [-0.2, -0.15) is 0 Å². The smallest absolute Gasteiger partial charge is 0.136 e. The highest BCUT2D eigenvalue weighted by molar-refractivity contribution is 9.10. The zero-order chi connectivity index (χ0) is 13.0. The van der Waals surface area contributed by atoms with Crippen molar-refractivity contribution in [2.45, 2.75) is 13.2 Å². The van der Waals surface area contributed by atoms with Gasteiger partial charge in [-0.1, -0.05) is 0 Å². The number of hydrogen-bond acceptors (Lipinski definition) is 3. The summed E-state index contributed by atoms with van der Waals surface area (Å²) in [5.41, 5.74) is 7.26. The molecule has 1 aromatic carbocycles. The minimum Gasteiger partial charge on any atom is -0.488 e. The van der Waals surface area contributed by atoms with Crippen molar-refractivity contribution in [3.63, 3.8) is 0 Å². The minimum atomic E-state index is -0.328. The second kappa shape index (κ2) is 5.93. The Bertz CT molecular complexity index is 548. The van der Waals surface area contributed by atoms with Gasteiger partial charge in [-0.15, -0.1) is 0 Å². The van der Waals surface area contributed by atoms with Gasteiger partial charge in [0, 0.05) is 18.8 Å². The lowest BCUT2D eigenvalue weighted by molar-refractivity contribution is 0.302. The summed E-state index contributed by atoms with van der Waals surface area (Å²) in [6, 6.07) is 8.03. The largest absolute Gasteiger partial charge is 0.488 e. The summed E-state index contributed by atoms with van der Waals surface area (Å²) in [7, 11) is 0. The fourth-order valence-corrected chi connectivity index (χ4v) is 1.84.